The molecule has 0 rings (SSSR count). The molecule has 0 aliphatic carbocycles. The lowest BCUT2D eigenvalue weighted by Crippen LogP contribution is -2.28. The summed E-state index contributed by atoms with van der Waals surface area (Å²) in [6, 6.07) is 0. The van der Waals surface area contributed by atoms with Crippen LogP contribution in [0, 0.1) is 5.92 Å². The Morgan fingerprint density at radius 2 is 2.00 bits per heavy atom. The van der Waals surface area contributed by atoms with Crippen LogP contribution in [0.25, 0.3) is 0 Å². The molecule has 5 heteroatoms. The van der Waals surface area contributed by atoms with Crippen molar-refractivity contribution in [3.63, 3.8) is 0 Å². The number of halogens is 1. The molecule has 0 unspecified atom stereocenters. The molecule has 0 aromatic carbocycles. The second kappa shape index (κ2) is 6.79. The zero-order chi connectivity index (χ0) is 10.3. The summed E-state index contributed by atoms with van der Waals surface area (Å²) in [5, 5.41) is 0.833. The monoisotopic (exact) mass is 271 g/mol. The smallest absolute Gasteiger partial charge is 0.211 e. The Morgan fingerprint density at radius 1 is 1.38 bits per heavy atom. The SMILES string of the molecule is CC(C)CCS(=O)(=O)NCCCBr. The maximum absolute atomic E-state index is 11.3. The van der Waals surface area contributed by atoms with Crippen molar-refractivity contribution in [2.45, 2.75) is 26.7 Å². The van der Waals surface area contributed by atoms with Crippen LogP contribution in [0.15, 0.2) is 0 Å². The van der Waals surface area contributed by atoms with E-state index in [4.69, 9.17) is 0 Å². The Hall–Kier alpha value is 0.390. The minimum Gasteiger partial charge on any atom is -0.215 e. The van der Waals surface area contributed by atoms with Crippen LogP contribution in [0.4, 0.5) is 0 Å². The molecule has 3 nitrogen and oxygen atoms in total. The van der Waals surface area contributed by atoms with Crippen LogP contribution in [-0.2, 0) is 10.0 Å². The topological polar surface area (TPSA) is 46.2 Å². The molecule has 13 heavy (non-hydrogen) atoms. The van der Waals surface area contributed by atoms with Crippen molar-refractivity contribution < 1.29 is 8.42 Å². The van der Waals surface area contributed by atoms with Gasteiger partial charge >= 0.3 is 0 Å². The fourth-order valence-electron chi connectivity index (χ4n) is 0.758. The van der Waals surface area contributed by atoms with E-state index in [9.17, 15) is 8.42 Å². The van der Waals surface area contributed by atoms with Crippen molar-refractivity contribution in [2.24, 2.45) is 5.92 Å². The van der Waals surface area contributed by atoms with E-state index < -0.39 is 10.0 Å². The van der Waals surface area contributed by atoms with Crippen LogP contribution in [0.1, 0.15) is 26.7 Å². The van der Waals surface area contributed by atoms with Crippen molar-refractivity contribution in [3.8, 4) is 0 Å². The van der Waals surface area contributed by atoms with E-state index in [1.54, 1.807) is 0 Å². The third-order valence-corrected chi connectivity index (χ3v) is 3.57. The Bertz CT molecular complexity index is 214. The lowest BCUT2D eigenvalue weighted by Gasteiger charge is -2.07. The molecule has 1 N–H and O–H groups in total. The summed E-state index contributed by atoms with van der Waals surface area (Å²) < 4.78 is 25.1. The molecule has 0 atom stereocenters. The van der Waals surface area contributed by atoms with E-state index in [-0.39, 0.29) is 5.75 Å². The zero-order valence-electron chi connectivity index (χ0n) is 8.22. The summed E-state index contributed by atoms with van der Waals surface area (Å²) in [6.07, 6.45) is 1.56. The largest absolute Gasteiger partial charge is 0.215 e. The first kappa shape index (κ1) is 13.4. The standard InChI is InChI=1S/C8H18BrNO2S/c1-8(2)4-7-13(11,12)10-6-3-5-9/h8,10H,3-7H2,1-2H3. The third kappa shape index (κ3) is 8.71. The molecule has 0 heterocycles. The minimum atomic E-state index is -3.02. The quantitative estimate of drug-likeness (QED) is 0.567. The van der Waals surface area contributed by atoms with Gasteiger partial charge in [-0.15, -0.1) is 0 Å². The molecule has 0 radical (unpaired) electrons. The van der Waals surface area contributed by atoms with Crippen LogP contribution >= 0.6 is 15.9 Å². The van der Waals surface area contributed by atoms with Gasteiger partial charge in [0.2, 0.25) is 10.0 Å². The van der Waals surface area contributed by atoms with Gasteiger partial charge in [0.15, 0.2) is 0 Å². The van der Waals surface area contributed by atoms with Crippen molar-refractivity contribution in [3.05, 3.63) is 0 Å². The van der Waals surface area contributed by atoms with E-state index in [2.05, 4.69) is 20.7 Å². The predicted molar refractivity (Wildman–Crippen MR) is 59.7 cm³/mol. The maximum atomic E-state index is 11.3. The summed E-state index contributed by atoms with van der Waals surface area (Å²) in [7, 11) is -3.02. The normalized spacial score (nSPS) is 12.3. The molecule has 0 spiro atoms. The fourth-order valence-corrected chi connectivity index (χ4v) is 2.42. The van der Waals surface area contributed by atoms with Gasteiger partial charge in [-0.25, -0.2) is 13.1 Å². The third-order valence-electron chi connectivity index (χ3n) is 1.60. The second-order valence-electron chi connectivity index (χ2n) is 3.44. The molecule has 0 aromatic rings. The first-order valence-corrected chi connectivity index (χ1v) is 7.28. The number of hydrogen-bond donors (Lipinski definition) is 1. The van der Waals surface area contributed by atoms with Crippen LogP contribution in [-0.4, -0.2) is 26.0 Å². The highest BCUT2D eigenvalue weighted by Crippen LogP contribution is 2.01. The molecule has 0 saturated carbocycles. The van der Waals surface area contributed by atoms with Gasteiger partial charge < -0.3 is 0 Å². The molecule has 0 aromatic heterocycles. The van der Waals surface area contributed by atoms with Gasteiger partial charge in [-0.3, -0.25) is 0 Å². The number of sulfonamides is 1. The van der Waals surface area contributed by atoms with Crippen LogP contribution in [0.3, 0.4) is 0 Å². The summed E-state index contributed by atoms with van der Waals surface area (Å²) in [4.78, 5) is 0. The van der Waals surface area contributed by atoms with E-state index >= 15 is 0 Å². The highest BCUT2D eigenvalue weighted by molar-refractivity contribution is 9.09. The Kier molecular flexibility index (Phi) is 6.99. The van der Waals surface area contributed by atoms with Crippen LogP contribution in [0.5, 0.6) is 0 Å². The van der Waals surface area contributed by atoms with Crippen LogP contribution in [0.2, 0.25) is 0 Å². The molecule has 0 fully saturated rings. The average Bonchev–Trinajstić information content (AvgIpc) is 2.02. The van der Waals surface area contributed by atoms with Gasteiger partial charge in [0, 0.05) is 11.9 Å². The molecule has 0 bridgehead atoms. The number of alkyl halides is 1. The van der Waals surface area contributed by atoms with Crippen molar-refractivity contribution in [2.75, 3.05) is 17.6 Å². The molecule has 80 valence electrons. The molecule has 0 saturated heterocycles. The van der Waals surface area contributed by atoms with Gasteiger partial charge in [0.25, 0.3) is 0 Å². The average molecular weight is 272 g/mol. The molecule has 0 amide bonds. The molecular formula is C8H18BrNO2S. The maximum Gasteiger partial charge on any atom is 0.211 e. The van der Waals surface area contributed by atoms with Crippen molar-refractivity contribution >= 4 is 26.0 Å². The summed E-state index contributed by atoms with van der Waals surface area (Å²) in [5.74, 6) is 0.681. The van der Waals surface area contributed by atoms with Gasteiger partial charge in [0.1, 0.15) is 0 Å². The molecular weight excluding hydrogens is 254 g/mol. The molecule has 0 aliphatic heterocycles. The fraction of sp³-hybridized carbons (Fsp3) is 1.00. The Morgan fingerprint density at radius 3 is 2.46 bits per heavy atom. The Labute approximate surface area is 89.5 Å². The predicted octanol–water partition coefficient (Wildman–Crippen LogP) is 1.74. The number of rotatable bonds is 7. The summed E-state index contributed by atoms with van der Waals surface area (Å²) >= 11 is 3.24. The van der Waals surface area contributed by atoms with E-state index in [1.165, 1.54) is 0 Å². The minimum absolute atomic E-state index is 0.243. The van der Waals surface area contributed by atoms with Gasteiger partial charge in [0.05, 0.1) is 5.75 Å². The lowest BCUT2D eigenvalue weighted by atomic mass is 10.2. The second-order valence-corrected chi connectivity index (χ2v) is 6.16. The summed E-state index contributed by atoms with van der Waals surface area (Å²) in [6.45, 7) is 4.58. The Balaban J connectivity index is 3.68. The van der Waals surface area contributed by atoms with Gasteiger partial charge in [-0.2, -0.15) is 0 Å². The first-order chi connectivity index (χ1) is 5.98. The summed E-state index contributed by atoms with van der Waals surface area (Å²) in [5.41, 5.74) is 0. The van der Waals surface area contributed by atoms with E-state index in [0.717, 1.165) is 18.2 Å². The highest BCUT2D eigenvalue weighted by Gasteiger charge is 2.09. The van der Waals surface area contributed by atoms with Gasteiger partial charge in [-0.1, -0.05) is 29.8 Å². The number of hydrogen-bond acceptors (Lipinski definition) is 2. The van der Waals surface area contributed by atoms with Crippen molar-refractivity contribution in [1.29, 1.82) is 0 Å². The highest BCUT2D eigenvalue weighted by atomic mass is 79.9. The van der Waals surface area contributed by atoms with Gasteiger partial charge in [-0.05, 0) is 18.8 Å². The zero-order valence-corrected chi connectivity index (χ0v) is 10.6. The van der Waals surface area contributed by atoms with E-state index in [1.807, 2.05) is 13.8 Å². The first-order valence-electron chi connectivity index (χ1n) is 4.51. The molecule has 0 aliphatic rings. The van der Waals surface area contributed by atoms with Crippen molar-refractivity contribution in [1.82, 2.24) is 4.72 Å². The van der Waals surface area contributed by atoms with E-state index in [0.29, 0.717) is 12.5 Å². The number of nitrogens with one attached hydrogen (secondary N) is 1. The lowest BCUT2D eigenvalue weighted by molar-refractivity contribution is 0.561. The van der Waals surface area contributed by atoms with Crippen LogP contribution < -0.4 is 4.72 Å².